The molecule has 7 nitrogen and oxygen atoms in total. The summed E-state index contributed by atoms with van der Waals surface area (Å²) in [7, 11) is 2.98. The van der Waals surface area contributed by atoms with Crippen LogP contribution in [-0.2, 0) is 16.1 Å². The number of hydroxylamine groups is 2. The summed E-state index contributed by atoms with van der Waals surface area (Å²) >= 11 is 0. The van der Waals surface area contributed by atoms with E-state index in [1.165, 1.54) is 7.11 Å². The van der Waals surface area contributed by atoms with Gasteiger partial charge in [0.15, 0.2) is 0 Å². The summed E-state index contributed by atoms with van der Waals surface area (Å²) in [5.74, 6) is -1.07. The third-order valence-corrected chi connectivity index (χ3v) is 4.64. The zero-order valence-electron chi connectivity index (χ0n) is 16.5. The van der Waals surface area contributed by atoms with E-state index < -0.39 is 5.97 Å². The van der Waals surface area contributed by atoms with E-state index >= 15 is 0 Å². The number of rotatable bonds is 8. The molecule has 3 rings (SSSR count). The fourth-order valence-electron chi connectivity index (χ4n) is 3.06. The lowest BCUT2D eigenvalue weighted by atomic mass is 10.0. The lowest BCUT2D eigenvalue weighted by Gasteiger charge is -2.14. The van der Waals surface area contributed by atoms with Gasteiger partial charge in [0.1, 0.15) is 0 Å². The van der Waals surface area contributed by atoms with Crippen molar-refractivity contribution < 1.29 is 19.5 Å². The maximum absolute atomic E-state index is 12.4. The second-order valence-electron chi connectivity index (χ2n) is 6.67. The van der Waals surface area contributed by atoms with Gasteiger partial charge in [-0.25, -0.2) is 15.0 Å². The minimum Gasteiger partial charge on any atom is -0.481 e. The molecule has 0 saturated heterocycles. The highest BCUT2D eigenvalue weighted by Gasteiger charge is 2.15. The van der Waals surface area contributed by atoms with Gasteiger partial charge in [-0.2, -0.15) is 0 Å². The van der Waals surface area contributed by atoms with Gasteiger partial charge in [-0.05, 0) is 37.5 Å². The predicted molar refractivity (Wildman–Crippen MR) is 109 cm³/mol. The molecule has 1 N–H and O–H groups in total. The summed E-state index contributed by atoms with van der Waals surface area (Å²) in [5, 5.41) is 10.0. The summed E-state index contributed by atoms with van der Waals surface area (Å²) in [5.41, 5.74) is 4.29. The van der Waals surface area contributed by atoms with Crippen molar-refractivity contribution in [2.75, 3.05) is 14.2 Å². The number of hydrogen-bond donors (Lipinski definition) is 1. The SMILES string of the molecule is CON(C)C(=O)c1ccc2nc(-c3ccccc3)c(CCCCC(=O)O)nc2c1. The lowest BCUT2D eigenvalue weighted by Crippen LogP contribution is -2.25. The van der Waals surface area contributed by atoms with Gasteiger partial charge in [-0.3, -0.25) is 14.4 Å². The van der Waals surface area contributed by atoms with E-state index in [1.807, 2.05) is 30.3 Å². The summed E-state index contributed by atoms with van der Waals surface area (Å²) in [6.07, 6.45) is 2.00. The number of carboxylic acids is 1. The van der Waals surface area contributed by atoms with Crippen molar-refractivity contribution in [2.24, 2.45) is 0 Å². The summed E-state index contributed by atoms with van der Waals surface area (Å²) in [6, 6.07) is 15.0. The smallest absolute Gasteiger partial charge is 0.303 e. The fraction of sp³-hybridized carbons (Fsp3) is 0.273. The molecular formula is C22H23N3O4. The zero-order valence-corrected chi connectivity index (χ0v) is 16.5. The Kier molecular flexibility index (Phi) is 6.51. The van der Waals surface area contributed by atoms with Gasteiger partial charge in [-0.1, -0.05) is 30.3 Å². The third kappa shape index (κ3) is 4.94. The van der Waals surface area contributed by atoms with Crippen LogP contribution in [0.3, 0.4) is 0 Å². The van der Waals surface area contributed by atoms with Crippen LogP contribution in [0.4, 0.5) is 0 Å². The first-order valence-corrected chi connectivity index (χ1v) is 9.39. The average molecular weight is 393 g/mol. The van der Waals surface area contributed by atoms with Crippen LogP contribution in [0.5, 0.6) is 0 Å². The van der Waals surface area contributed by atoms with Crippen molar-refractivity contribution in [2.45, 2.75) is 25.7 Å². The van der Waals surface area contributed by atoms with Crippen molar-refractivity contribution in [3.8, 4) is 11.3 Å². The van der Waals surface area contributed by atoms with Crippen LogP contribution in [-0.4, -0.2) is 46.2 Å². The summed E-state index contributed by atoms with van der Waals surface area (Å²) in [4.78, 5) is 37.7. The van der Waals surface area contributed by atoms with Crippen LogP contribution in [0.2, 0.25) is 0 Å². The molecule has 0 aliphatic carbocycles. The van der Waals surface area contributed by atoms with E-state index in [2.05, 4.69) is 0 Å². The molecule has 1 aromatic heterocycles. The Morgan fingerprint density at radius 3 is 2.48 bits per heavy atom. The molecule has 0 saturated carbocycles. The Morgan fingerprint density at radius 1 is 1.03 bits per heavy atom. The Balaban J connectivity index is 2.00. The molecule has 0 aliphatic rings. The molecule has 2 aromatic carbocycles. The largest absolute Gasteiger partial charge is 0.481 e. The lowest BCUT2D eigenvalue weighted by molar-refractivity contribution is -0.137. The first-order chi connectivity index (χ1) is 14.0. The van der Waals surface area contributed by atoms with Crippen LogP contribution in [0.25, 0.3) is 22.3 Å². The summed E-state index contributed by atoms with van der Waals surface area (Å²) < 4.78 is 0. The van der Waals surface area contributed by atoms with E-state index in [4.69, 9.17) is 19.9 Å². The Morgan fingerprint density at radius 2 is 1.79 bits per heavy atom. The van der Waals surface area contributed by atoms with Crippen molar-refractivity contribution in [3.05, 3.63) is 59.8 Å². The molecule has 0 radical (unpaired) electrons. The number of carboxylic acid groups (broad SMARTS) is 1. The Labute approximate surface area is 168 Å². The van der Waals surface area contributed by atoms with Gasteiger partial charge in [0.05, 0.1) is 29.5 Å². The zero-order chi connectivity index (χ0) is 20.8. The molecule has 0 fully saturated rings. The molecule has 150 valence electrons. The molecular weight excluding hydrogens is 370 g/mol. The molecule has 0 spiro atoms. The van der Waals surface area contributed by atoms with Gasteiger partial charge in [0.25, 0.3) is 5.91 Å². The number of hydrogen-bond acceptors (Lipinski definition) is 5. The number of fused-ring (bicyclic) bond motifs is 1. The summed E-state index contributed by atoms with van der Waals surface area (Å²) in [6.45, 7) is 0. The van der Waals surface area contributed by atoms with Crippen LogP contribution < -0.4 is 0 Å². The highest BCUT2D eigenvalue weighted by Crippen LogP contribution is 2.25. The van der Waals surface area contributed by atoms with Gasteiger partial charge in [0.2, 0.25) is 0 Å². The molecule has 0 atom stereocenters. The van der Waals surface area contributed by atoms with Crippen molar-refractivity contribution >= 4 is 22.9 Å². The number of aromatic nitrogens is 2. The van der Waals surface area contributed by atoms with E-state index in [1.54, 1.807) is 25.2 Å². The van der Waals surface area contributed by atoms with Crippen molar-refractivity contribution in [3.63, 3.8) is 0 Å². The molecule has 0 unspecified atom stereocenters. The number of amides is 1. The number of carbonyl (C=O) groups is 2. The van der Waals surface area contributed by atoms with Crippen LogP contribution in [0, 0.1) is 0 Å². The minimum atomic E-state index is -0.803. The number of carbonyl (C=O) groups excluding carboxylic acids is 1. The fourth-order valence-corrected chi connectivity index (χ4v) is 3.06. The first-order valence-electron chi connectivity index (χ1n) is 9.39. The number of aryl methyl sites for hydroxylation is 1. The number of aliphatic carboxylic acids is 1. The molecule has 0 bridgehead atoms. The predicted octanol–water partition coefficient (Wildman–Crippen LogP) is 3.73. The third-order valence-electron chi connectivity index (χ3n) is 4.64. The molecule has 7 heteroatoms. The molecule has 1 heterocycles. The first kappa shape index (κ1) is 20.4. The normalized spacial score (nSPS) is 10.8. The van der Waals surface area contributed by atoms with E-state index in [-0.39, 0.29) is 12.3 Å². The average Bonchev–Trinajstić information content (AvgIpc) is 2.75. The maximum atomic E-state index is 12.4. The van der Waals surface area contributed by atoms with Crippen molar-refractivity contribution in [1.29, 1.82) is 0 Å². The highest BCUT2D eigenvalue weighted by molar-refractivity contribution is 5.96. The Bertz CT molecular complexity index is 1020. The van der Waals surface area contributed by atoms with Crippen molar-refractivity contribution in [1.82, 2.24) is 15.0 Å². The molecule has 0 aliphatic heterocycles. The number of benzene rings is 2. The Hall–Kier alpha value is -3.32. The van der Waals surface area contributed by atoms with Crippen LogP contribution >= 0.6 is 0 Å². The number of nitrogens with zero attached hydrogens (tertiary/aromatic N) is 3. The van der Waals surface area contributed by atoms with E-state index in [9.17, 15) is 9.59 Å². The van der Waals surface area contributed by atoms with Gasteiger partial charge in [0, 0.05) is 24.6 Å². The maximum Gasteiger partial charge on any atom is 0.303 e. The van der Waals surface area contributed by atoms with Gasteiger partial charge in [-0.15, -0.1) is 0 Å². The molecule has 29 heavy (non-hydrogen) atoms. The monoisotopic (exact) mass is 393 g/mol. The van der Waals surface area contributed by atoms with Gasteiger partial charge < -0.3 is 5.11 Å². The molecule has 1 amide bonds. The topological polar surface area (TPSA) is 92.6 Å². The van der Waals surface area contributed by atoms with E-state index in [0.29, 0.717) is 35.9 Å². The minimum absolute atomic E-state index is 0.129. The standard InChI is InChI=1S/C22H23N3O4/c1-25(29-2)22(28)16-12-13-17-19(14-16)23-18(10-6-7-11-20(26)27)21(24-17)15-8-4-3-5-9-15/h3-5,8-9,12-14H,6-7,10-11H2,1-2H3,(H,26,27). The number of unbranched alkanes of at least 4 members (excludes halogenated alkanes) is 1. The van der Waals surface area contributed by atoms with Crippen LogP contribution in [0.1, 0.15) is 35.3 Å². The highest BCUT2D eigenvalue weighted by atomic mass is 16.7. The second kappa shape index (κ2) is 9.25. The van der Waals surface area contributed by atoms with Crippen LogP contribution in [0.15, 0.2) is 48.5 Å². The molecule has 3 aromatic rings. The van der Waals surface area contributed by atoms with E-state index in [0.717, 1.165) is 22.0 Å². The van der Waals surface area contributed by atoms with Gasteiger partial charge >= 0.3 is 5.97 Å². The second-order valence-corrected chi connectivity index (χ2v) is 6.67. The quantitative estimate of drug-likeness (QED) is 0.463.